The Bertz CT molecular complexity index is 1120. The third-order valence-corrected chi connectivity index (χ3v) is 5.35. The van der Waals surface area contributed by atoms with E-state index in [4.69, 9.17) is 4.98 Å². The molecule has 28 heavy (non-hydrogen) atoms. The number of aromatic nitrogens is 4. The molecule has 2 aromatic heterocycles. The van der Waals surface area contributed by atoms with Crippen LogP contribution in [0, 0.1) is 0 Å². The summed E-state index contributed by atoms with van der Waals surface area (Å²) in [7, 11) is 0. The molecule has 0 aliphatic carbocycles. The van der Waals surface area contributed by atoms with Gasteiger partial charge in [-0.2, -0.15) is 10.1 Å². The van der Waals surface area contributed by atoms with Crippen molar-refractivity contribution >= 4 is 28.4 Å². The lowest BCUT2D eigenvalue weighted by Crippen LogP contribution is -2.26. The number of H-pyrrole nitrogens is 1. The highest BCUT2D eigenvalue weighted by molar-refractivity contribution is 5.83. The molecule has 1 atom stereocenters. The SMILES string of the molecule is CC1Cc2ccccc2N1c1nncc(NCCc2c[nH]c3ccccc23)n1. The second-order valence-corrected chi connectivity index (χ2v) is 7.23. The number of nitrogens with one attached hydrogen (secondary N) is 2. The Balaban J connectivity index is 1.31. The van der Waals surface area contributed by atoms with E-state index in [1.807, 2.05) is 6.07 Å². The monoisotopic (exact) mass is 370 g/mol. The van der Waals surface area contributed by atoms with E-state index in [9.17, 15) is 0 Å². The summed E-state index contributed by atoms with van der Waals surface area (Å²) in [5.74, 6) is 1.40. The van der Waals surface area contributed by atoms with Crippen molar-refractivity contribution in [1.82, 2.24) is 20.2 Å². The molecule has 2 N–H and O–H groups in total. The topological polar surface area (TPSA) is 69.7 Å². The van der Waals surface area contributed by atoms with Crippen molar-refractivity contribution in [3.8, 4) is 0 Å². The number of aromatic amines is 1. The number of fused-ring (bicyclic) bond motifs is 2. The molecule has 140 valence electrons. The molecule has 0 saturated carbocycles. The largest absolute Gasteiger partial charge is 0.368 e. The Labute approximate surface area is 163 Å². The van der Waals surface area contributed by atoms with Gasteiger partial charge in [-0.25, -0.2) is 0 Å². The van der Waals surface area contributed by atoms with E-state index in [0.29, 0.717) is 12.0 Å². The van der Waals surface area contributed by atoms with Crippen LogP contribution in [0.5, 0.6) is 0 Å². The summed E-state index contributed by atoms with van der Waals surface area (Å²) in [5, 5.41) is 13.1. The molecule has 0 bridgehead atoms. The Morgan fingerprint density at radius 2 is 2.00 bits per heavy atom. The average Bonchev–Trinajstić information content (AvgIpc) is 3.28. The van der Waals surface area contributed by atoms with Gasteiger partial charge in [0.1, 0.15) is 0 Å². The first kappa shape index (κ1) is 16.7. The van der Waals surface area contributed by atoms with Gasteiger partial charge in [-0.3, -0.25) is 0 Å². The van der Waals surface area contributed by atoms with Crippen molar-refractivity contribution in [3.05, 3.63) is 72.1 Å². The van der Waals surface area contributed by atoms with Crippen LogP contribution in [0.25, 0.3) is 10.9 Å². The molecule has 1 aliphatic rings. The second-order valence-electron chi connectivity index (χ2n) is 7.23. The summed E-state index contributed by atoms with van der Waals surface area (Å²) < 4.78 is 0. The zero-order valence-electron chi connectivity index (χ0n) is 15.8. The Hall–Kier alpha value is -3.41. The van der Waals surface area contributed by atoms with Gasteiger partial charge in [0.05, 0.1) is 6.20 Å². The van der Waals surface area contributed by atoms with Gasteiger partial charge < -0.3 is 15.2 Å². The number of para-hydroxylation sites is 2. The fourth-order valence-corrected chi connectivity index (χ4v) is 4.02. The zero-order valence-corrected chi connectivity index (χ0v) is 15.8. The summed E-state index contributed by atoms with van der Waals surface area (Å²) in [5.41, 5.74) is 4.97. The van der Waals surface area contributed by atoms with Crippen molar-refractivity contribution in [3.63, 3.8) is 0 Å². The van der Waals surface area contributed by atoms with Crippen molar-refractivity contribution < 1.29 is 0 Å². The third-order valence-electron chi connectivity index (χ3n) is 5.35. The Morgan fingerprint density at radius 3 is 2.96 bits per heavy atom. The van der Waals surface area contributed by atoms with Gasteiger partial charge in [-0.15, -0.1) is 5.10 Å². The molecule has 0 amide bonds. The van der Waals surface area contributed by atoms with Crippen molar-refractivity contribution in [2.24, 2.45) is 0 Å². The first-order chi connectivity index (χ1) is 13.8. The molecule has 1 aliphatic heterocycles. The predicted molar refractivity (Wildman–Crippen MR) is 112 cm³/mol. The van der Waals surface area contributed by atoms with E-state index < -0.39 is 0 Å². The van der Waals surface area contributed by atoms with Crippen LogP contribution >= 0.6 is 0 Å². The lowest BCUT2D eigenvalue weighted by Gasteiger charge is -2.22. The summed E-state index contributed by atoms with van der Waals surface area (Å²) in [4.78, 5) is 10.2. The molecule has 0 radical (unpaired) electrons. The molecule has 1 unspecified atom stereocenters. The Morgan fingerprint density at radius 1 is 1.14 bits per heavy atom. The number of benzene rings is 2. The van der Waals surface area contributed by atoms with Gasteiger partial charge in [0.2, 0.25) is 0 Å². The van der Waals surface area contributed by atoms with Gasteiger partial charge in [0.25, 0.3) is 5.95 Å². The molecule has 2 aromatic carbocycles. The van der Waals surface area contributed by atoms with Gasteiger partial charge in [0, 0.05) is 35.4 Å². The first-order valence-electron chi connectivity index (χ1n) is 9.65. The van der Waals surface area contributed by atoms with E-state index in [1.165, 1.54) is 27.7 Å². The van der Waals surface area contributed by atoms with E-state index in [2.05, 4.69) is 81.0 Å². The molecule has 0 fully saturated rings. The Kier molecular flexibility index (Phi) is 4.16. The first-order valence-corrected chi connectivity index (χ1v) is 9.65. The van der Waals surface area contributed by atoms with Crippen molar-refractivity contribution in [2.75, 3.05) is 16.8 Å². The average molecular weight is 370 g/mol. The van der Waals surface area contributed by atoms with E-state index in [-0.39, 0.29) is 0 Å². The lowest BCUT2D eigenvalue weighted by atomic mass is 10.1. The van der Waals surface area contributed by atoms with Crippen LogP contribution in [0.15, 0.2) is 60.9 Å². The van der Waals surface area contributed by atoms with Crippen molar-refractivity contribution in [2.45, 2.75) is 25.8 Å². The quantitative estimate of drug-likeness (QED) is 0.554. The van der Waals surface area contributed by atoms with Gasteiger partial charge in [-0.05, 0) is 43.0 Å². The highest BCUT2D eigenvalue weighted by Crippen LogP contribution is 2.36. The van der Waals surface area contributed by atoms with Crippen LogP contribution in [0.3, 0.4) is 0 Å². The molecule has 0 saturated heterocycles. The molecule has 4 aromatic rings. The second kappa shape index (κ2) is 6.96. The fraction of sp³-hybridized carbons (Fsp3) is 0.227. The maximum atomic E-state index is 4.72. The molecular weight excluding hydrogens is 348 g/mol. The molecule has 3 heterocycles. The van der Waals surface area contributed by atoms with Gasteiger partial charge in [-0.1, -0.05) is 36.4 Å². The minimum Gasteiger partial charge on any atom is -0.368 e. The van der Waals surface area contributed by atoms with E-state index in [0.717, 1.165) is 25.2 Å². The number of rotatable bonds is 5. The van der Waals surface area contributed by atoms with Crippen molar-refractivity contribution in [1.29, 1.82) is 0 Å². The highest BCUT2D eigenvalue weighted by Gasteiger charge is 2.29. The maximum Gasteiger partial charge on any atom is 0.252 e. The smallest absolute Gasteiger partial charge is 0.252 e. The van der Waals surface area contributed by atoms with Crippen LogP contribution in [0.2, 0.25) is 0 Å². The minimum atomic E-state index is 0.320. The standard InChI is InChI=1S/C22H22N6/c1-15-12-16-6-2-5-9-20(16)28(15)22-26-21(14-25-27-22)23-11-10-17-13-24-19-8-4-3-7-18(17)19/h2-9,13-15,24H,10-12H2,1H3,(H,23,26,27). The summed E-state index contributed by atoms with van der Waals surface area (Å²) in [6.07, 6.45) is 5.67. The molecule has 0 spiro atoms. The van der Waals surface area contributed by atoms with Gasteiger partial charge in [0.15, 0.2) is 5.82 Å². The zero-order chi connectivity index (χ0) is 18.9. The number of nitrogens with zero attached hydrogens (tertiary/aromatic N) is 4. The summed E-state index contributed by atoms with van der Waals surface area (Å²) in [6.45, 7) is 2.98. The predicted octanol–water partition coefficient (Wildman–Crippen LogP) is 4.09. The molecule has 6 heteroatoms. The normalized spacial score (nSPS) is 15.8. The van der Waals surface area contributed by atoms with Crippen LogP contribution in [0.4, 0.5) is 17.5 Å². The third kappa shape index (κ3) is 2.97. The molecule has 5 rings (SSSR count). The molecular formula is C22H22N6. The number of anilines is 3. The maximum absolute atomic E-state index is 4.72. The lowest BCUT2D eigenvalue weighted by molar-refractivity contribution is 0.729. The van der Waals surface area contributed by atoms with Gasteiger partial charge >= 0.3 is 0 Å². The van der Waals surface area contributed by atoms with Crippen LogP contribution in [-0.4, -0.2) is 32.8 Å². The summed E-state index contributed by atoms with van der Waals surface area (Å²) in [6, 6.07) is 17.1. The van der Waals surface area contributed by atoms with Crippen LogP contribution < -0.4 is 10.2 Å². The van der Waals surface area contributed by atoms with Crippen LogP contribution in [0.1, 0.15) is 18.1 Å². The minimum absolute atomic E-state index is 0.320. The number of hydrogen-bond donors (Lipinski definition) is 2. The fourth-order valence-electron chi connectivity index (χ4n) is 4.02. The molecule has 6 nitrogen and oxygen atoms in total. The van der Waals surface area contributed by atoms with E-state index in [1.54, 1.807) is 6.20 Å². The highest BCUT2D eigenvalue weighted by atomic mass is 15.4. The number of hydrogen-bond acceptors (Lipinski definition) is 5. The van der Waals surface area contributed by atoms with Crippen LogP contribution in [-0.2, 0) is 12.8 Å². The summed E-state index contributed by atoms with van der Waals surface area (Å²) >= 11 is 0. The van der Waals surface area contributed by atoms with E-state index >= 15 is 0 Å².